The van der Waals surface area contributed by atoms with Crippen molar-refractivity contribution in [2.75, 3.05) is 6.61 Å². The van der Waals surface area contributed by atoms with Crippen molar-refractivity contribution in [1.82, 2.24) is 9.78 Å². The summed E-state index contributed by atoms with van der Waals surface area (Å²) in [6, 6.07) is 10.1. The molecule has 4 nitrogen and oxygen atoms in total. The third-order valence-electron chi connectivity index (χ3n) is 3.86. The number of benzene rings is 1. The van der Waals surface area contributed by atoms with E-state index in [1.165, 1.54) is 0 Å². The Balaban J connectivity index is 1.98. The van der Waals surface area contributed by atoms with E-state index in [-0.39, 0.29) is 17.3 Å². The third kappa shape index (κ3) is 5.31. The molecule has 0 amide bonds. The van der Waals surface area contributed by atoms with E-state index in [0.717, 1.165) is 23.4 Å². The molecule has 2 aromatic rings. The van der Waals surface area contributed by atoms with Crippen molar-refractivity contribution in [1.29, 1.82) is 0 Å². The summed E-state index contributed by atoms with van der Waals surface area (Å²) >= 11 is 0. The van der Waals surface area contributed by atoms with Crippen molar-refractivity contribution in [3.8, 4) is 11.3 Å². The van der Waals surface area contributed by atoms with Gasteiger partial charge in [0.1, 0.15) is 5.78 Å². The molecule has 0 atom stereocenters. The fourth-order valence-electron chi connectivity index (χ4n) is 2.27. The van der Waals surface area contributed by atoms with E-state index in [1.807, 2.05) is 75.8 Å². The van der Waals surface area contributed by atoms with Gasteiger partial charge in [0.2, 0.25) is 0 Å². The number of carbonyl (C=O) groups is 1. The van der Waals surface area contributed by atoms with Crippen LogP contribution in [0, 0.1) is 5.41 Å². The Hall–Kier alpha value is -1.94. The molecule has 0 aliphatic carbocycles. The van der Waals surface area contributed by atoms with Crippen molar-refractivity contribution in [2.45, 2.75) is 53.7 Å². The smallest absolute Gasteiger partial charge is 0.142 e. The van der Waals surface area contributed by atoms with Gasteiger partial charge in [0, 0.05) is 23.6 Å². The number of nitrogens with zero attached hydrogens (tertiary/aromatic N) is 2. The standard InChI is InChI=1S/C20H28N2O2/c1-15(2)24-13-12-22-11-10-18(21-22)17-8-6-16(7-9-17)14-19(23)20(3,4)5/h6-11,15H,12-14H2,1-5H3. The van der Waals surface area contributed by atoms with Gasteiger partial charge in [-0.05, 0) is 25.5 Å². The largest absolute Gasteiger partial charge is 0.377 e. The molecule has 0 radical (unpaired) electrons. The van der Waals surface area contributed by atoms with E-state index in [9.17, 15) is 4.79 Å². The van der Waals surface area contributed by atoms with Gasteiger partial charge in [0.15, 0.2) is 0 Å². The number of carbonyl (C=O) groups excluding carboxylic acids is 1. The summed E-state index contributed by atoms with van der Waals surface area (Å²) in [5.74, 6) is 0.254. The predicted octanol–water partition coefficient (Wildman–Crippen LogP) is 4.13. The second-order valence-electron chi connectivity index (χ2n) is 7.43. The zero-order chi connectivity index (χ0) is 17.7. The molecule has 0 aliphatic heterocycles. The molecule has 0 fully saturated rings. The number of ketones is 1. The van der Waals surface area contributed by atoms with Gasteiger partial charge in [-0.15, -0.1) is 0 Å². The van der Waals surface area contributed by atoms with Crippen LogP contribution in [0.4, 0.5) is 0 Å². The van der Waals surface area contributed by atoms with Gasteiger partial charge in [0.25, 0.3) is 0 Å². The SMILES string of the molecule is CC(C)OCCn1ccc(-c2ccc(CC(=O)C(C)(C)C)cc2)n1. The Labute approximate surface area is 144 Å². The topological polar surface area (TPSA) is 44.1 Å². The van der Waals surface area contributed by atoms with Crippen LogP contribution in [0.2, 0.25) is 0 Å². The van der Waals surface area contributed by atoms with Crippen LogP contribution in [0.1, 0.15) is 40.2 Å². The van der Waals surface area contributed by atoms with E-state index >= 15 is 0 Å². The maximum Gasteiger partial charge on any atom is 0.142 e. The van der Waals surface area contributed by atoms with E-state index in [0.29, 0.717) is 13.0 Å². The van der Waals surface area contributed by atoms with Gasteiger partial charge in [-0.25, -0.2) is 0 Å². The Kier molecular flexibility index (Phi) is 5.94. The van der Waals surface area contributed by atoms with Crippen LogP contribution < -0.4 is 0 Å². The van der Waals surface area contributed by atoms with Gasteiger partial charge in [0.05, 0.1) is 24.9 Å². The van der Waals surface area contributed by atoms with Crippen LogP contribution in [0.15, 0.2) is 36.5 Å². The lowest BCUT2D eigenvalue weighted by Crippen LogP contribution is -2.21. The molecule has 4 heteroatoms. The average molecular weight is 328 g/mol. The minimum absolute atomic E-state index is 0.239. The minimum Gasteiger partial charge on any atom is -0.377 e. The van der Waals surface area contributed by atoms with Gasteiger partial charge < -0.3 is 4.74 Å². The van der Waals surface area contributed by atoms with Crippen LogP contribution in [0.5, 0.6) is 0 Å². The Morgan fingerprint density at radius 3 is 2.42 bits per heavy atom. The summed E-state index contributed by atoms with van der Waals surface area (Å²) in [5, 5.41) is 4.58. The molecular formula is C20H28N2O2. The lowest BCUT2D eigenvalue weighted by Gasteiger charge is -2.16. The van der Waals surface area contributed by atoms with E-state index < -0.39 is 0 Å². The van der Waals surface area contributed by atoms with Gasteiger partial charge in [-0.2, -0.15) is 5.10 Å². The van der Waals surface area contributed by atoms with Gasteiger partial charge in [-0.3, -0.25) is 9.48 Å². The lowest BCUT2D eigenvalue weighted by atomic mass is 9.87. The van der Waals surface area contributed by atoms with Crippen molar-refractivity contribution >= 4 is 5.78 Å². The highest BCUT2D eigenvalue weighted by atomic mass is 16.5. The van der Waals surface area contributed by atoms with Crippen molar-refractivity contribution in [3.63, 3.8) is 0 Å². The van der Waals surface area contributed by atoms with E-state index in [4.69, 9.17) is 4.74 Å². The van der Waals surface area contributed by atoms with Crippen molar-refractivity contribution in [2.24, 2.45) is 5.41 Å². The maximum atomic E-state index is 12.1. The summed E-state index contributed by atoms with van der Waals surface area (Å²) in [7, 11) is 0. The molecular weight excluding hydrogens is 300 g/mol. The number of rotatable bonds is 7. The number of hydrogen-bond donors (Lipinski definition) is 0. The average Bonchev–Trinajstić information content (AvgIpc) is 2.95. The highest BCUT2D eigenvalue weighted by molar-refractivity contribution is 5.85. The van der Waals surface area contributed by atoms with Crippen LogP contribution in [0.25, 0.3) is 11.3 Å². The minimum atomic E-state index is -0.296. The highest BCUT2D eigenvalue weighted by Crippen LogP contribution is 2.21. The molecule has 0 unspecified atom stereocenters. The van der Waals surface area contributed by atoms with Crippen LogP contribution in [-0.2, 0) is 22.5 Å². The zero-order valence-corrected chi connectivity index (χ0v) is 15.4. The van der Waals surface area contributed by atoms with Crippen molar-refractivity contribution in [3.05, 3.63) is 42.1 Å². The zero-order valence-electron chi connectivity index (χ0n) is 15.4. The third-order valence-corrected chi connectivity index (χ3v) is 3.86. The molecule has 130 valence electrons. The summed E-state index contributed by atoms with van der Waals surface area (Å²) in [6.45, 7) is 11.3. The summed E-state index contributed by atoms with van der Waals surface area (Å²) in [4.78, 5) is 12.1. The maximum absolute atomic E-state index is 12.1. The predicted molar refractivity (Wildman–Crippen MR) is 96.9 cm³/mol. The molecule has 0 bridgehead atoms. The first kappa shape index (κ1) is 18.4. The Morgan fingerprint density at radius 2 is 1.83 bits per heavy atom. The monoisotopic (exact) mass is 328 g/mol. The molecule has 1 aromatic heterocycles. The number of ether oxygens (including phenoxy) is 1. The normalized spacial score (nSPS) is 11.9. The van der Waals surface area contributed by atoms with Crippen molar-refractivity contribution < 1.29 is 9.53 Å². The summed E-state index contributed by atoms with van der Waals surface area (Å²) in [6.07, 6.45) is 2.68. The van der Waals surface area contributed by atoms with Crippen LogP contribution in [-0.4, -0.2) is 28.3 Å². The quantitative estimate of drug-likeness (QED) is 0.767. The molecule has 2 rings (SSSR count). The second-order valence-corrected chi connectivity index (χ2v) is 7.43. The fraction of sp³-hybridized carbons (Fsp3) is 0.500. The summed E-state index contributed by atoms with van der Waals surface area (Å²) in [5.41, 5.74) is 2.75. The van der Waals surface area contributed by atoms with E-state index in [2.05, 4.69) is 5.10 Å². The molecule has 24 heavy (non-hydrogen) atoms. The highest BCUT2D eigenvalue weighted by Gasteiger charge is 2.21. The number of hydrogen-bond acceptors (Lipinski definition) is 3. The first-order valence-electron chi connectivity index (χ1n) is 8.53. The molecule has 0 aliphatic rings. The first-order chi connectivity index (χ1) is 11.3. The molecule has 1 heterocycles. The Morgan fingerprint density at radius 1 is 1.17 bits per heavy atom. The Bertz CT molecular complexity index is 664. The van der Waals surface area contributed by atoms with E-state index in [1.54, 1.807) is 0 Å². The number of Topliss-reactive ketones (excluding diaryl/α,β-unsaturated/α-hetero) is 1. The lowest BCUT2D eigenvalue weighted by molar-refractivity contribution is -0.125. The number of aromatic nitrogens is 2. The molecule has 0 saturated heterocycles. The fourth-order valence-corrected chi connectivity index (χ4v) is 2.27. The molecule has 0 saturated carbocycles. The van der Waals surface area contributed by atoms with Gasteiger partial charge >= 0.3 is 0 Å². The van der Waals surface area contributed by atoms with Crippen LogP contribution >= 0.6 is 0 Å². The second kappa shape index (κ2) is 7.75. The first-order valence-corrected chi connectivity index (χ1v) is 8.53. The molecule has 0 spiro atoms. The van der Waals surface area contributed by atoms with Crippen LogP contribution in [0.3, 0.4) is 0 Å². The molecule has 0 N–H and O–H groups in total. The van der Waals surface area contributed by atoms with Gasteiger partial charge in [-0.1, -0.05) is 45.0 Å². The molecule has 1 aromatic carbocycles. The summed E-state index contributed by atoms with van der Waals surface area (Å²) < 4.78 is 7.45.